The van der Waals surface area contributed by atoms with Crippen LogP contribution in [-0.4, -0.2) is 32.6 Å². The first kappa shape index (κ1) is 24.1. The Labute approximate surface area is 194 Å². The van der Waals surface area contributed by atoms with Gasteiger partial charge in [0.15, 0.2) is 0 Å². The van der Waals surface area contributed by atoms with Crippen molar-refractivity contribution in [3.8, 4) is 0 Å². The Bertz CT molecular complexity index is 1420. The number of nitro benzene ring substituents is 3. The van der Waals surface area contributed by atoms with Crippen molar-refractivity contribution >= 4 is 40.5 Å². The number of nitro groups is 3. The molecule has 0 aliphatic heterocycles. The number of carbonyl (C=O) groups is 3. The van der Waals surface area contributed by atoms with E-state index in [0.29, 0.717) is 11.0 Å². The Morgan fingerprint density at radius 2 is 1.20 bits per heavy atom. The Morgan fingerprint density at radius 1 is 0.629 bits per heavy atom. The number of carboxylic acids is 1. The first-order chi connectivity index (χ1) is 16.5. The Kier molecular flexibility index (Phi) is 6.57. The van der Waals surface area contributed by atoms with Crippen molar-refractivity contribution in [1.29, 1.82) is 0 Å². The second-order valence-corrected chi connectivity index (χ2v) is 6.77. The highest BCUT2D eigenvalue weighted by atomic mass is 16.6. The molecule has 0 aromatic heterocycles. The summed E-state index contributed by atoms with van der Waals surface area (Å²) < 4.78 is 0. The average Bonchev–Trinajstić information content (AvgIpc) is 2.83. The number of rotatable bonds is 7. The van der Waals surface area contributed by atoms with Crippen LogP contribution in [0.15, 0.2) is 66.7 Å². The molecule has 0 bridgehead atoms. The lowest BCUT2D eigenvalue weighted by Crippen LogP contribution is -2.39. The monoisotopic (exact) mass is 479 g/mol. The molecule has 0 saturated heterocycles. The Morgan fingerprint density at radius 3 is 1.77 bits per heavy atom. The van der Waals surface area contributed by atoms with Crippen LogP contribution in [0.3, 0.4) is 0 Å². The topological polar surface area (TPSA) is 207 Å². The van der Waals surface area contributed by atoms with Crippen molar-refractivity contribution < 1.29 is 34.3 Å². The molecule has 0 aliphatic rings. The number of benzene rings is 3. The highest BCUT2D eigenvalue weighted by molar-refractivity contribution is 6.28. The fourth-order valence-electron chi connectivity index (χ4n) is 3.13. The smallest absolute Gasteiger partial charge is 0.289 e. The van der Waals surface area contributed by atoms with E-state index in [-0.39, 0.29) is 0 Å². The fraction of sp³-hybridized carbons (Fsp3) is 0. The zero-order valence-electron chi connectivity index (χ0n) is 17.2. The minimum absolute atomic E-state index is 0.308. The molecule has 0 saturated carbocycles. The second-order valence-electron chi connectivity index (χ2n) is 6.77. The number of carboxylic acid groups (broad SMARTS) is 1. The third-order valence-electron chi connectivity index (χ3n) is 4.70. The standard InChI is InChI=1S/C21H12N4O10/c26-19(15-6-1-2-7-16(15)21(28)29)22(12-4-3-5-13(10-12)23(30)31)20(27)17-9-8-14(24(32)33)11-18(17)25(34)35/h1-11H,(H,28,29)/p-1. The number of nitrogens with zero attached hydrogens (tertiary/aromatic N) is 4. The first-order valence-electron chi connectivity index (χ1n) is 9.39. The number of non-ortho nitro benzene ring substituents is 2. The van der Waals surface area contributed by atoms with Gasteiger partial charge in [0.2, 0.25) is 0 Å². The minimum atomic E-state index is -1.76. The maximum Gasteiger partial charge on any atom is 0.289 e. The van der Waals surface area contributed by atoms with Gasteiger partial charge in [-0.05, 0) is 18.2 Å². The predicted molar refractivity (Wildman–Crippen MR) is 115 cm³/mol. The normalized spacial score (nSPS) is 10.3. The number of aromatic carboxylic acids is 1. The summed E-state index contributed by atoms with van der Waals surface area (Å²) >= 11 is 0. The van der Waals surface area contributed by atoms with E-state index in [1.54, 1.807) is 0 Å². The molecule has 0 atom stereocenters. The van der Waals surface area contributed by atoms with Crippen molar-refractivity contribution in [2.24, 2.45) is 0 Å². The molecule has 0 heterocycles. The fourth-order valence-corrected chi connectivity index (χ4v) is 3.13. The Hall–Kier alpha value is -5.53. The SMILES string of the molecule is O=C([O-])c1ccccc1C(=O)N(C(=O)c1ccc([N+](=O)[O-])cc1[N+](=O)[O-])c1cccc([N+](=O)[O-])c1. The highest BCUT2D eigenvalue weighted by Crippen LogP contribution is 2.30. The summed E-state index contributed by atoms with van der Waals surface area (Å²) in [4.78, 5) is 69.6. The lowest BCUT2D eigenvalue weighted by atomic mass is 10.0. The zero-order chi connectivity index (χ0) is 25.9. The van der Waals surface area contributed by atoms with E-state index in [1.165, 1.54) is 12.1 Å². The van der Waals surface area contributed by atoms with Crippen molar-refractivity contribution in [2.75, 3.05) is 4.90 Å². The molecule has 0 N–H and O–H groups in total. The van der Waals surface area contributed by atoms with Crippen LogP contribution < -0.4 is 10.0 Å². The summed E-state index contributed by atoms with van der Waals surface area (Å²) in [6.45, 7) is 0. The number of imide groups is 1. The van der Waals surface area contributed by atoms with Crippen molar-refractivity contribution in [1.82, 2.24) is 0 Å². The second kappa shape index (κ2) is 9.53. The van der Waals surface area contributed by atoms with Gasteiger partial charge in [-0.3, -0.25) is 39.9 Å². The molecule has 14 nitrogen and oxygen atoms in total. The van der Waals surface area contributed by atoms with Gasteiger partial charge in [-0.1, -0.05) is 24.3 Å². The number of hydrogen-bond acceptors (Lipinski definition) is 10. The minimum Gasteiger partial charge on any atom is -0.545 e. The van der Waals surface area contributed by atoms with Crippen molar-refractivity contribution in [3.63, 3.8) is 0 Å². The van der Waals surface area contributed by atoms with Gasteiger partial charge in [0, 0.05) is 29.3 Å². The lowest BCUT2D eigenvalue weighted by molar-refractivity contribution is -0.394. The third-order valence-corrected chi connectivity index (χ3v) is 4.70. The Balaban J connectivity index is 2.27. The van der Waals surface area contributed by atoms with E-state index in [2.05, 4.69) is 0 Å². The molecule has 0 radical (unpaired) electrons. The molecule has 2 amide bonds. The maximum absolute atomic E-state index is 13.4. The van der Waals surface area contributed by atoms with Gasteiger partial charge in [0.25, 0.3) is 28.9 Å². The van der Waals surface area contributed by atoms with E-state index in [0.717, 1.165) is 48.5 Å². The molecule has 0 unspecified atom stereocenters. The largest absolute Gasteiger partial charge is 0.545 e. The van der Waals surface area contributed by atoms with Gasteiger partial charge in [-0.25, -0.2) is 4.90 Å². The van der Waals surface area contributed by atoms with Gasteiger partial charge < -0.3 is 9.90 Å². The quantitative estimate of drug-likeness (QED) is 0.274. The molecule has 0 aliphatic carbocycles. The van der Waals surface area contributed by atoms with Crippen LogP contribution in [0, 0.1) is 30.3 Å². The van der Waals surface area contributed by atoms with Crippen molar-refractivity contribution in [2.45, 2.75) is 0 Å². The van der Waals surface area contributed by atoms with Gasteiger partial charge in [0.1, 0.15) is 5.56 Å². The summed E-state index contributed by atoms with van der Waals surface area (Å²) in [5, 5.41) is 45.3. The van der Waals surface area contributed by atoms with Gasteiger partial charge in [-0.2, -0.15) is 0 Å². The average molecular weight is 479 g/mol. The number of amides is 2. The zero-order valence-corrected chi connectivity index (χ0v) is 17.2. The van der Waals surface area contributed by atoms with Crippen LogP contribution in [0.4, 0.5) is 22.7 Å². The van der Waals surface area contributed by atoms with Crippen LogP contribution in [0.5, 0.6) is 0 Å². The number of anilines is 1. The molecule has 3 rings (SSSR count). The first-order valence-corrected chi connectivity index (χ1v) is 9.39. The van der Waals surface area contributed by atoms with Crippen LogP contribution in [0.2, 0.25) is 0 Å². The maximum atomic E-state index is 13.4. The van der Waals surface area contributed by atoms with Crippen molar-refractivity contribution in [3.05, 3.63) is 114 Å². The molecule has 0 spiro atoms. The van der Waals surface area contributed by atoms with E-state index in [9.17, 15) is 49.8 Å². The van der Waals surface area contributed by atoms with E-state index >= 15 is 0 Å². The van der Waals surface area contributed by atoms with Crippen LogP contribution in [0.1, 0.15) is 31.1 Å². The van der Waals surface area contributed by atoms with Crippen LogP contribution in [-0.2, 0) is 0 Å². The third kappa shape index (κ3) is 4.80. The molecule has 0 fully saturated rings. The summed E-state index contributed by atoms with van der Waals surface area (Å²) in [6, 6.07) is 10.8. The molecular formula is C21H11N4O10-. The van der Waals surface area contributed by atoms with Gasteiger partial charge >= 0.3 is 0 Å². The highest BCUT2D eigenvalue weighted by Gasteiger charge is 2.33. The summed E-state index contributed by atoms with van der Waals surface area (Å²) in [5.74, 6) is -4.44. The molecule has 14 heteroatoms. The van der Waals surface area contributed by atoms with Gasteiger partial charge in [-0.15, -0.1) is 0 Å². The molecule has 35 heavy (non-hydrogen) atoms. The van der Waals surface area contributed by atoms with E-state index in [1.807, 2.05) is 0 Å². The van der Waals surface area contributed by atoms with E-state index < -0.39 is 72.0 Å². The van der Waals surface area contributed by atoms with Crippen LogP contribution in [0.25, 0.3) is 0 Å². The summed E-state index contributed by atoms with van der Waals surface area (Å²) in [7, 11) is 0. The predicted octanol–water partition coefficient (Wildman–Crippen LogP) is 2.26. The summed E-state index contributed by atoms with van der Waals surface area (Å²) in [6.07, 6.45) is 0. The van der Waals surface area contributed by atoms with Crippen LogP contribution >= 0.6 is 0 Å². The van der Waals surface area contributed by atoms with E-state index in [4.69, 9.17) is 0 Å². The number of carbonyl (C=O) groups excluding carboxylic acids is 3. The molecule has 176 valence electrons. The molecular weight excluding hydrogens is 468 g/mol. The molecule has 3 aromatic carbocycles. The lowest BCUT2D eigenvalue weighted by Gasteiger charge is -2.22. The van der Waals surface area contributed by atoms with Gasteiger partial charge in [0.05, 0.1) is 32.5 Å². The number of hydrogen-bond donors (Lipinski definition) is 0. The molecule has 3 aromatic rings. The summed E-state index contributed by atoms with van der Waals surface area (Å²) in [5.41, 5.74) is -4.58.